The van der Waals surface area contributed by atoms with Crippen LogP contribution in [0.4, 0.5) is 0 Å². The predicted molar refractivity (Wildman–Crippen MR) is 66.2 cm³/mol. The molecule has 2 aromatic rings. The lowest BCUT2D eigenvalue weighted by atomic mass is 10.0. The monoisotopic (exact) mass is 252 g/mol. The number of halogens is 1. The van der Waals surface area contributed by atoms with Gasteiger partial charge in [-0.3, -0.25) is 9.48 Å². The van der Waals surface area contributed by atoms with Gasteiger partial charge in [-0.1, -0.05) is 24.6 Å². The zero-order valence-corrected chi connectivity index (χ0v) is 10.4. The summed E-state index contributed by atoms with van der Waals surface area (Å²) in [5.74, 6) is -1.18. The van der Waals surface area contributed by atoms with Gasteiger partial charge in [-0.15, -0.1) is 0 Å². The predicted octanol–water partition coefficient (Wildman–Crippen LogP) is 2.49. The van der Waals surface area contributed by atoms with Crippen LogP contribution in [0.25, 0.3) is 10.9 Å². The molecule has 2 rings (SSSR count). The van der Waals surface area contributed by atoms with Crippen molar-refractivity contribution in [2.75, 3.05) is 0 Å². The summed E-state index contributed by atoms with van der Waals surface area (Å²) < 4.78 is 1.70. The molecule has 90 valence electrons. The Morgan fingerprint density at radius 1 is 1.59 bits per heavy atom. The van der Waals surface area contributed by atoms with Crippen molar-refractivity contribution in [3.63, 3.8) is 0 Å². The molecule has 0 saturated carbocycles. The number of carbonyl (C=O) groups is 1. The number of carboxylic acids is 1. The molecular weight excluding hydrogens is 240 g/mol. The van der Waals surface area contributed by atoms with E-state index in [1.54, 1.807) is 11.6 Å². The van der Waals surface area contributed by atoms with Gasteiger partial charge in [-0.2, -0.15) is 5.10 Å². The van der Waals surface area contributed by atoms with E-state index in [0.717, 1.165) is 16.5 Å². The SMILES string of the molecule is CC(Cc1ccc2c(Cl)nn(C)c2c1)C(=O)O. The molecule has 1 atom stereocenters. The van der Waals surface area contributed by atoms with E-state index in [0.29, 0.717) is 11.6 Å². The van der Waals surface area contributed by atoms with Gasteiger partial charge in [0.15, 0.2) is 5.15 Å². The van der Waals surface area contributed by atoms with Crippen LogP contribution in [-0.4, -0.2) is 20.9 Å². The smallest absolute Gasteiger partial charge is 0.306 e. The molecule has 0 radical (unpaired) electrons. The van der Waals surface area contributed by atoms with Crippen molar-refractivity contribution in [3.05, 3.63) is 28.9 Å². The molecule has 0 amide bonds. The lowest BCUT2D eigenvalue weighted by Crippen LogP contribution is -2.12. The first-order valence-corrected chi connectivity index (χ1v) is 5.70. The van der Waals surface area contributed by atoms with Crippen LogP contribution >= 0.6 is 11.6 Å². The highest BCUT2D eigenvalue weighted by atomic mass is 35.5. The van der Waals surface area contributed by atoms with E-state index in [9.17, 15) is 4.79 Å². The summed E-state index contributed by atoms with van der Waals surface area (Å²) in [6, 6.07) is 5.72. The van der Waals surface area contributed by atoms with Gasteiger partial charge in [0.1, 0.15) is 0 Å². The van der Waals surface area contributed by atoms with Crippen molar-refractivity contribution in [1.29, 1.82) is 0 Å². The standard InChI is InChI=1S/C12H13ClN2O2/c1-7(12(16)17)5-8-3-4-9-10(6-8)15(2)14-11(9)13/h3-4,6-7H,5H2,1-2H3,(H,16,17). The van der Waals surface area contributed by atoms with Gasteiger partial charge < -0.3 is 5.11 Å². The van der Waals surface area contributed by atoms with Crippen LogP contribution in [0, 0.1) is 5.92 Å². The van der Waals surface area contributed by atoms with Gasteiger partial charge in [-0.05, 0) is 24.1 Å². The Bertz CT molecular complexity index is 577. The highest BCUT2D eigenvalue weighted by Crippen LogP contribution is 2.24. The number of aromatic nitrogens is 2. The van der Waals surface area contributed by atoms with Crippen molar-refractivity contribution in [2.24, 2.45) is 13.0 Å². The Balaban J connectivity index is 2.38. The summed E-state index contributed by atoms with van der Waals surface area (Å²) in [5, 5.41) is 14.4. The molecule has 0 saturated heterocycles. The zero-order chi connectivity index (χ0) is 12.6. The van der Waals surface area contributed by atoms with E-state index in [1.165, 1.54) is 0 Å². The molecule has 1 unspecified atom stereocenters. The average molecular weight is 253 g/mol. The van der Waals surface area contributed by atoms with Crippen molar-refractivity contribution in [1.82, 2.24) is 9.78 Å². The molecule has 1 aromatic heterocycles. The van der Waals surface area contributed by atoms with Gasteiger partial charge >= 0.3 is 5.97 Å². The highest BCUT2D eigenvalue weighted by molar-refractivity contribution is 6.34. The van der Waals surface area contributed by atoms with Crippen molar-refractivity contribution in [2.45, 2.75) is 13.3 Å². The number of nitrogens with zero attached hydrogens (tertiary/aromatic N) is 2. The number of fused-ring (bicyclic) bond motifs is 1. The third-order valence-corrected chi connectivity index (χ3v) is 3.11. The minimum absolute atomic E-state index is 0.392. The first kappa shape index (κ1) is 11.9. The minimum Gasteiger partial charge on any atom is -0.481 e. The van der Waals surface area contributed by atoms with Crippen LogP contribution in [0.3, 0.4) is 0 Å². The quantitative estimate of drug-likeness (QED) is 0.913. The molecule has 1 heterocycles. The average Bonchev–Trinajstić information content (AvgIpc) is 2.54. The summed E-state index contributed by atoms with van der Waals surface area (Å²) in [4.78, 5) is 10.8. The third-order valence-electron chi connectivity index (χ3n) is 2.83. The highest BCUT2D eigenvalue weighted by Gasteiger charge is 2.13. The summed E-state index contributed by atoms with van der Waals surface area (Å²) >= 11 is 5.96. The maximum atomic E-state index is 10.8. The van der Waals surface area contributed by atoms with E-state index in [-0.39, 0.29) is 0 Å². The molecule has 0 aliphatic heterocycles. The molecule has 0 fully saturated rings. The maximum Gasteiger partial charge on any atom is 0.306 e. The Labute approximate surface area is 104 Å². The summed E-state index contributed by atoms with van der Waals surface area (Å²) in [7, 11) is 1.82. The molecule has 0 spiro atoms. The number of hydrogen-bond acceptors (Lipinski definition) is 2. The second-order valence-corrected chi connectivity index (χ2v) is 4.57. The number of aryl methyl sites for hydroxylation is 1. The van der Waals surface area contributed by atoms with Crippen LogP contribution in [-0.2, 0) is 18.3 Å². The Morgan fingerprint density at radius 3 is 2.94 bits per heavy atom. The Morgan fingerprint density at radius 2 is 2.29 bits per heavy atom. The molecule has 1 N–H and O–H groups in total. The number of rotatable bonds is 3. The van der Waals surface area contributed by atoms with Crippen LogP contribution in [0.5, 0.6) is 0 Å². The van der Waals surface area contributed by atoms with Crippen LogP contribution < -0.4 is 0 Å². The first-order valence-electron chi connectivity index (χ1n) is 5.33. The van der Waals surface area contributed by atoms with Crippen LogP contribution in [0.15, 0.2) is 18.2 Å². The van der Waals surface area contributed by atoms with E-state index >= 15 is 0 Å². The van der Waals surface area contributed by atoms with Gasteiger partial charge in [-0.25, -0.2) is 0 Å². The fourth-order valence-corrected chi connectivity index (χ4v) is 2.10. The number of aliphatic carboxylic acids is 1. The van der Waals surface area contributed by atoms with E-state index < -0.39 is 11.9 Å². The lowest BCUT2D eigenvalue weighted by molar-refractivity contribution is -0.141. The molecular formula is C12H13ClN2O2. The zero-order valence-electron chi connectivity index (χ0n) is 9.64. The topological polar surface area (TPSA) is 55.1 Å². The molecule has 0 aliphatic rings. The molecule has 17 heavy (non-hydrogen) atoms. The van der Waals surface area contributed by atoms with E-state index in [2.05, 4.69) is 5.10 Å². The summed E-state index contributed by atoms with van der Waals surface area (Å²) in [6.45, 7) is 1.70. The fourth-order valence-electron chi connectivity index (χ4n) is 1.83. The number of carboxylic acid groups (broad SMARTS) is 1. The number of benzene rings is 1. The van der Waals surface area contributed by atoms with Gasteiger partial charge in [0, 0.05) is 12.4 Å². The van der Waals surface area contributed by atoms with Crippen LogP contribution in [0.1, 0.15) is 12.5 Å². The maximum absolute atomic E-state index is 10.8. The van der Waals surface area contributed by atoms with Crippen molar-refractivity contribution in [3.8, 4) is 0 Å². The van der Waals surface area contributed by atoms with Crippen molar-refractivity contribution >= 4 is 28.5 Å². The molecule has 0 bridgehead atoms. The largest absolute Gasteiger partial charge is 0.481 e. The second kappa shape index (κ2) is 4.37. The molecule has 4 nitrogen and oxygen atoms in total. The normalized spacial score (nSPS) is 12.9. The second-order valence-electron chi connectivity index (χ2n) is 4.21. The third kappa shape index (κ3) is 2.26. The Kier molecular flexibility index (Phi) is 3.07. The first-order chi connectivity index (χ1) is 7.99. The molecule has 1 aromatic carbocycles. The lowest BCUT2D eigenvalue weighted by Gasteiger charge is -2.06. The molecule has 0 aliphatic carbocycles. The minimum atomic E-state index is -0.784. The molecule has 5 heteroatoms. The number of hydrogen-bond donors (Lipinski definition) is 1. The fraction of sp³-hybridized carbons (Fsp3) is 0.333. The van der Waals surface area contributed by atoms with Crippen molar-refractivity contribution < 1.29 is 9.90 Å². The van der Waals surface area contributed by atoms with E-state index in [1.807, 2.05) is 25.2 Å². The summed E-state index contributed by atoms with van der Waals surface area (Å²) in [5.41, 5.74) is 1.90. The van der Waals surface area contributed by atoms with Gasteiger partial charge in [0.05, 0.1) is 11.4 Å². The van der Waals surface area contributed by atoms with Gasteiger partial charge in [0.2, 0.25) is 0 Å². The van der Waals surface area contributed by atoms with Crippen LogP contribution in [0.2, 0.25) is 5.15 Å². The van der Waals surface area contributed by atoms with Gasteiger partial charge in [0.25, 0.3) is 0 Å². The summed E-state index contributed by atoms with van der Waals surface area (Å²) in [6.07, 6.45) is 0.508. The Hall–Kier alpha value is -1.55. The van der Waals surface area contributed by atoms with E-state index in [4.69, 9.17) is 16.7 Å².